The number of rotatable bonds is 6. The van der Waals surface area contributed by atoms with E-state index in [-0.39, 0.29) is 0 Å². The molecule has 56 heavy (non-hydrogen) atoms. The minimum absolute atomic E-state index is 0.697. The van der Waals surface area contributed by atoms with E-state index in [1.165, 1.54) is 27.4 Å². The van der Waals surface area contributed by atoms with Crippen LogP contribution in [0.25, 0.3) is 100 Å². The third kappa shape index (κ3) is 5.21. The molecule has 0 N–H and O–H groups in total. The minimum Gasteiger partial charge on any atom is -0.309 e. The highest BCUT2D eigenvalue weighted by Crippen LogP contribution is 2.41. The fourth-order valence-corrected chi connectivity index (χ4v) is 8.27. The summed E-state index contributed by atoms with van der Waals surface area (Å²) < 4.78 is 4.70. The van der Waals surface area contributed by atoms with Gasteiger partial charge in [0.2, 0.25) is 0 Å². The van der Waals surface area contributed by atoms with E-state index in [2.05, 4.69) is 161 Å². The molecule has 0 spiro atoms. The van der Waals surface area contributed by atoms with Gasteiger partial charge in [0.05, 0.1) is 39.0 Å². The normalized spacial score (nSPS) is 11.6. The molecule has 0 unspecified atom stereocenters. The van der Waals surface area contributed by atoms with Crippen LogP contribution in [0, 0.1) is 0 Å². The lowest BCUT2D eigenvalue weighted by atomic mass is 9.98. The van der Waals surface area contributed by atoms with E-state index in [9.17, 15) is 0 Å². The van der Waals surface area contributed by atoms with Crippen molar-refractivity contribution >= 4 is 43.7 Å². The van der Waals surface area contributed by atoms with E-state index in [0.29, 0.717) is 5.82 Å². The van der Waals surface area contributed by atoms with Crippen LogP contribution in [0.4, 0.5) is 0 Å². The third-order valence-corrected chi connectivity index (χ3v) is 10.8. The number of benzene rings is 7. The van der Waals surface area contributed by atoms with E-state index < -0.39 is 0 Å². The number of fused-ring (bicyclic) bond motifs is 6. The summed E-state index contributed by atoms with van der Waals surface area (Å²) in [6, 6.07) is 68.2. The van der Waals surface area contributed by atoms with Crippen molar-refractivity contribution in [1.82, 2.24) is 24.1 Å². The van der Waals surface area contributed by atoms with E-state index >= 15 is 0 Å². The highest BCUT2D eigenvalue weighted by atomic mass is 15.0. The Hall–Kier alpha value is -7.63. The molecule has 0 saturated carbocycles. The van der Waals surface area contributed by atoms with Gasteiger partial charge in [-0.15, -0.1) is 0 Å². The number of hydrogen-bond donors (Lipinski definition) is 0. The van der Waals surface area contributed by atoms with Gasteiger partial charge in [0.1, 0.15) is 0 Å². The van der Waals surface area contributed by atoms with Crippen molar-refractivity contribution in [2.45, 2.75) is 0 Å². The molecule has 0 fully saturated rings. The fourth-order valence-electron chi connectivity index (χ4n) is 8.27. The highest BCUT2D eigenvalue weighted by Gasteiger charge is 2.19. The third-order valence-electron chi connectivity index (χ3n) is 10.8. The van der Waals surface area contributed by atoms with Crippen LogP contribution in [0.15, 0.2) is 200 Å². The maximum atomic E-state index is 5.12. The molecule has 0 bridgehead atoms. The second-order valence-corrected chi connectivity index (χ2v) is 14.1. The zero-order valence-corrected chi connectivity index (χ0v) is 30.3. The van der Waals surface area contributed by atoms with Crippen molar-refractivity contribution in [3.05, 3.63) is 200 Å². The second-order valence-electron chi connectivity index (χ2n) is 14.1. The summed E-state index contributed by atoms with van der Waals surface area (Å²) in [4.78, 5) is 15.1. The number of aromatic nitrogens is 5. The van der Waals surface area contributed by atoms with Gasteiger partial charge in [0.15, 0.2) is 5.82 Å². The molecule has 7 aromatic carbocycles. The maximum absolute atomic E-state index is 5.12. The van der Waals surface area contributed by atoms with Crippen LogP contribution in [-0.4, -0.2) is 24.1 Å². The zero-order valence-electron chi connectivity index (χ0n) is 30.3. The molecule has 0 amide bonds. The maximum Gasteiger partial charge on any atom is 0.160 e. The molecular formula is C51H33N5. The molecule has 0 saturated heterocycles. The Bertz CT molecular complexity index is 3180. The van der Waals surface area contributed by atoms with Gasteiger partial charge in [-0.05, 0) is 77.9 Å². The Kier molecular flexibility index (Phi) is 7.42. The quantitative estimate of drug-likeness (QED) is 0.172. The smallest absolute Gasteiger partial charge is 0.160 e. The first kappa shape index (κ1) is 31.9. The molecule has 0 atom stereocenters. The molecule has 262 valence electrons. The molecule has 4 aromatic heterocycles. The molecule has 0 aliphatic carbocycles. The van der Waals surface area contributed by atoms with Crippen LogP contribution in [0.3, 0.4) is 0 Å². The van der Waals surface area contributed by atoms with Gasteiger partial charge in [-0.2, -0.15) is 0 Å². The van der Waals surface area contributed by atoms with E-state index in [0.717, 1.165) is 67.0 Å². The summed E-state index contributed by atoms with van der Waals surface area (Å²) in [5.41, 5.74) is 14.8. The zero-order chi connectivity index (χ0) is 37.0. The van der Waals surface area contributed by atoms with Crippen molar-refractivity contribution in [3.8, 4) is 56.4 Å². The average Bonchev–Trinajstić information content (AvgIpc) is 3.80. The van der Waals surface area contributed by atoms with Gasteiger partial charge in [0.25, 0.3) is 0 Å². The average molecular weight is 716 g/mol. The Morgan fingerprint density at radius 3 is 1.79 bits per heavy atom. The molecule has 0 radical (unpaired) electrons. The Labute approximate surface area is 323 Å². The molecule has 11 rings (SSSR count). The fraction of sp³-hybridized carbons (Fsp3) is 0. The largest absolute Gasteiger partial charge is 0.309 e. The summed E-state index contributed by atoms with van der Waals surface area (Å²) in [6.45, 7) is 0. The highest BCUT2D eigenvalue weighted by molar-refractivity contribution is 6.17. The molecule has 4 heterocycles. The Morgan fingerprint density at radius 1 is 0.357 bits per heavy atom. The van der Waals surface area contributed by atoms with E-state index in [4.69, 9.17) is 15.0 Å². The monoisotopic (exact) mass is 715 g/mol. The van der Waals surface area contributed by atoms with Crippen LogP contribution in [0.5, 0.6) is 0 Å². The van der Waals surface area contributed by atoms with Gasteiger partial charge in [-0.25, -0.2) is 9.97 Å². The van der Waals surface area contributed by atoms with Crippen molar-refractivity contribution in [3.63, 3.8) is 0 Å². The van der Waals surface area contributed by atoms with Crippen LogP contribution >= 0.6 is 0 Å². The molecule has 11 aromatic rings. The molecule has 5 nitrogen and oxygen atoms in total. The van der Waals surface area contributed by atoms with Gasteiger partial charge < -0.3 is 9.13 Å². The second kappa shape index (κ2) is 13.0. The topological polar surface area (TPSA) is 48.5 Å². The van der Waals surface area contributed by atoms with E-state index in [1.54, 1.807) is 0 Å². The molecular weight excluding hydrogens is 683 g/mol. The van der Waals surface area contributed by atoms with Crippen molar-refractivity contribution in [2.24, 2.45) is 0 Å². The van der Waals surface area contributed by atoms with Gasteiger partial charge in [0, 0.05) is 50.4 Å². The SMILES string of the molecule is c1ccc(-c2cc(-c3cccc(-n4c5ccc(-c6cccc7c6c6ccccc6n7-c6ccccc6)cc5c5ncccc54)c3)nc(-c3ccccc3)n2)cc1. The summed E-state index contributed by atoms with van der Waals surface area (Å²) in [6.07, 6.45) is 1.89. The number of hydrogen-bond acceptors (Lipinski definition) is 3. The van der Waals surface area contributed by atoms with Crippen LogP contribution in [0.2, 0.25) is 0 Å². The van der Waals surface area contributed by atoms with Crippen LogP contribution < -0.4 is 0 Å². The van der Waals surface area contributed by atoms with E-state index in [1.807, 2.05) is 48.7 Å². The lowest BCUT2D eigenvalue weighted by Gasteiger charge is -2.12. The lowest BCUT2D eigenvalue weighted by molar-refractivity contribution is 1.16. The summed E-state index contributed by atoms with van der Waals surface area (Å²) in [5, 5.41) is 3.58. The Morgan fingerprint density at radius 2 is 0.964 bits per heavy atom. The lowest BCUT2D eigenvalue weighted by Crippen LogP contribution is -1.98. The standard InChI is InChI=1S/C51H33N5/c1-4-15-34(16-5-1)43-33-44(54-51(53-43)35-17-6-2-7-18-35)37-19-12-22-39(31-37)56-46-29-28-36(32-42(46)50-48(56)27-14-30-52-50)40-24-13-26-47-49(40)41-23-10-11-25-45(41)55(47)38-20-8-3-9-21-38/h1-33H. The summed E-state index contributed by atoms with van der Waals surface area (Å²) >= 11 is 0. The first-order valence-corrected chi connectivity index (χ1v) is 18.9. The first-order chi connectivity index (χ1) is 27.8. The van der Waals surface area contributed by atoms with Gasteiger partial charge in [-0.1, -0.05) is 127 Å². The summed E-state index contributed by atoms with van der Waals surface area (Å²) in [5.74, 6) is 0.697. The number of pyridine rings is 1. The van der Waals surface area contributed by atoms with Crippen LogP contribution in [0.1, 0.15) is 0 Å². The van der Waals surface area contributed by atoms with Crippen molar-refractivity contribution < 1.29 is 0 Å². The first-order valence-electron chi connectivity index (χ1n) is 18.9. The molecule has 5 heteroatoms. The van der Waals surface area contributed by atoms with Crippen molar-refractivity contribution in [2.75, 3.05) is 0 Å². The number of para-hydroxylation sites is 2. The number of nitrogens with zero attached hydrogens (tertiary/aromatic N) is 5. The van der Waals surface area contributed by atoms with Crippen molar-refractivity contribution in [1.29, 1.82) is 0 Å². The van der Waals surface area contributed by atoms with Gasteiger partial charge in [-0.3, -0.25) is 4.98 Å². The predicted molar refractivity (Wildman–Crippen MR) is 230 cm³/mol. The van der Waals surface area contributed by atoms with Crippen LogP contribution in [-0.2, 0) is 0 Å². The minimum atomic E-state index is 0.697. The predicted octanol–water partition coefficient (Wildman–Crippen LogP) is 12.7. The summed E-state index contributed by atoms with van der Waals surface area (Å²) in [7, 11) is 0. The van der Waals surface area contributed by atoms with Gasteiger partial charge >= 0.3 is 0 Å². The molecule has 0 aliphatic rings. The molecule has 0 aliphatic heterocycles. The Balaban J connectivity index is 1.08.